The second kappa shape index (κ2) is 11.3. The predicted molar refractivity (Wildman–Crippen MR) is 127 cm³/mol. The number of aliphatic imine (C=N–C) groups is 1. The maximum Gasteiger partial charge on any atom is 0.191 e. The summed E-state index contributed by atoms with van der Waals surface area (Å²) in [5, 5.41) is 6.78. The van der Waals surface area contributed by atoms with Gasteiger partial charge in [-0.15, -0.1) is 24.0 Å². The number of nitrogens with one attached hydrogen (secondary N) is 2. The van der Waals surface area contributed by atoms with Gasteiger partial charge in [0.25, 0.3) is 0 Å². The first-order valence-electron chi connectivity index (χ1n) is 9.70. The summed E-state index contributed by atoms with van der Waals surface area (Å²) in [7, 11) is -1.41. The average Bonchev–Trinajstić information content (AvgIpc) is 3.10. The number of rotatable bonds is 7. The van der Waals surface area contributed by atoms with Crippen LogP contribution in [0.1, 0.15) is 37.8 Å². The lowest BCUT2D eigenvalue weighted by Crippen LogP contribution is -2.48. The van der Waals surface area contributed by atoms with Crippen LogP contribution in [0, 0.1) is 12.8 Å². The summed E-state index contributed by atoms with van der Waals surface area (Å²) in [5.74, 6) is 1.35. The third-order valence-electron chi connectivity index (χ3n) is 5.18. The Morgan fingerprint density at radius 1 is 1.21 bits per heavy atom. The molecule has 8 heteroatoms. The van der Waals surface area contributed by atoms with Crippen molar-refractivity contribution < 1.29 is 8.42 Å². The molecule has 0 spiro atoms. The Morgan fingerprint density at radius 2 is 1.86 bits per heavy atom. The van der Waals surface area contributed by atoms with Crippen LogP contribution in [0.25, 0.3) is 0 Å². The highest BCUT2D eigenvalue weighted by Crippen LogP contribution is 2.18. The fourth-order valence-electron chi connectivity index (χ4n) is 3.70. The molecule has 1 unspecified atom stereocenters. The van der Waals surface area contributed by atoms with Crippen LogP contribution in [0.2, 0.25) is 0 Å². The van der Waals surface area contributed by atoms with E-state index in [4.69, 9.17) is 0 Å². The third kappa shape index (κ3) is 7.18. The van der Waals surface area contributed by atoms with Crippen molar-refractivity contribution in [3.8, 4) is 0 Å². The van der Waals surface area contributed by atoms with E-state index in [9.17, 15) is 8.42 Å². The molecule has 160 valence electrons. The van der Waals surface area contributed by atoms with E-state index in [2.05, 4.69) is 34.4 Å². The van der Waals surface area contributed by atoms with Gasteiger partial charge in [0, 0.05) is 32.4 Å². The van der Waals surface area contributed by atoms with E-state index in [0.717, 1.165) is 23.6 Å². The summed E-state index contributed by atoms with van der Waals surface area (Å²) < 4.78 is 23.5. The minimum absolute atomic E-state index is 0. The zero-order chi connectivity index (χ0) is 20.0. The summed E-state index contributed by atoms with van der Waals surface area (Å²) in [6.45, 7) is 10.2. The molecule has 2 rings (SSSR count). The van der Waals surface area contributed by atoms with E-state index in [0.29, 0.717) is 23.4 Å². The lowest BCUT2D eigenvalue weighted by Gasteiger charge is -2.31. The molecule has 1 heterocycles. The Balaban J connectivity index is 0.00000392. The molecule has 1 aliphatic heterocycles. The van der Waals surface area contributed by atoms with Crippen molar-refractivity contribution in [2.45, 2.75) is 51.1 Å². The van der Waals surface area contributed by atoms with Crippen molar-refractivity contribution in [2.75, 3.05) is 32.9 Å². The second-order valence-electron chi connectivity index (χ2n) is 7.73. The molecule has 1 aliphatic rings. The highest BCUT2D eigenvalue weighted by atomic mass is 127. The third-order valence-corrected chi connectivity index (χ3v) is 6.44. The van der Waals surface area contributed by atoms with Crippen LogP contribution in [-0.2, 0) is 16.4 Å². The number of halogens is 1. The molecule has 1 saturated heterocycles. The van der Waals surface area contributed by atoms with Crippen molar-refractivity contribution in [1.82, 2.24) is 15.5 Å². The highest BCUT2D eigenvalue weighted by molar-refractivity contribution is 14.0. The van der Waals surface area contributed by atoms with Crippen LogP contribution >= 0.6 is 24.0 Å². The zero-order valence-corrected chi connectivity index (χ0v) is 20.8. The molecular weight excluding hydrogens is 487 g/mol. The van der Waals surface area contributed by atoms with Crippen LogP contribution in [0.3, 0.4) is 0 Å². The molecule has 28 heavy (non-hydrogen) atoms. The van der Waals surface area contributed by atoms with Crippen molar-refractivity contribution in [3.05, 3.63) is 29.3 Å². The summed E-state index contributed by atoms with van der Waals surface area (Å²) >= 11 is 0. The highest BCUT2D eigenvalue weighted by Gasteiger charge is 2.24. The first-order chi connectivity index (χ1) is 12.7. The van der Waals surface area contributed by atoms with Gasteiger partial charge in [0.2, 0.25) is 0 Å². The number of hydrogen-bond donors (Lipinski definition) is 2. The van der Waals surface area contributed by atoms with E-state index in [1.807, 2.05) is 19.1 Å². The van der Waals surface area contributed by atoms with Crippen molar-refractivity contribution in [2.24, 2.45) is 10.9 Å². The van der Waals surface area contributed by atoms with Gasteiger partial charge in [-0.3, -0.25) is 9.89 Å². The van der Waals surface area contributed by atoms with Crippen molar-refractivity contribution in [3.63, 3.8) is 0 Å². The molecular formula is C20H35IN4O2S. The number of nitrogens with zero attached hydrogens (tertiary/aromatic N) is 2. The average molecular weight is 522 g/mol. The Morgan fingerprint density at radius 3 is 2.36 bits per heavy atom. The summed E-state index contributed by atoms with van der Waals surface area (Å²) in [4.78, 5) is 7.28. The number of hydrogen-bond acceptors (Lipinski definition) is 4. The first-order valence-corrected chi connectivity index (χ1v) is 11.6. The number of likely N-dealkylation sites (tertiary alicyclic amines) is 1. The number of guanidine groups is 1. The molecule has 1 fully saturated rings. The predicted octanol–water partition coefficient (Wildman–Crippen LogP) is 2.80. The summed E-state index contributed by atoms with van der Waals surface area (Å²) in [6, 6.07) is 5.95. The zero-order valence-electron chi connectivity index (χ0n) is 17.7. The Kier molecular flexibility index (Phi) is 10.2. The van der Waals surface area contributed by atoms with E-state index < -0.39 is 9.84 Å². The van der Waals surface area contributed by atoms with Gasteiger partial charge in [-0.25, -0.2) is 8.42 Å². The van der Waals surface area contributed by atoms with Gasteiger partial charge < -0.3 is 10.6 Å². The van der Waals surface area contributed by atoms with Gasteiger partial charge in [-0.1, -0.05) is 26.0 Å². The lowest BCUT2D eigenvalue weighted by molar-refractivity contribution is 0.192. The Labute approximate surface area is 187 Å². The standard InChI is InChI=1S/C20H34N4O2S.HI/c1-15(2)18(24-10-6-7-11-24)14-23-20(21-4)22-13-17-8-9-19(16(3)12-17)27(5,25)26;/h8-9,12,15,18H,6-7,10-11,13-14H2,1-5H3,(H2,21,22,23);1H. The van der Waals surface area contributed by atoms with Gasteiger partial charge in [0.15, 0.2) is 15.8 Å². The molecule has 0 saturated carbocycles. The minimum Gasteiger partial charge on any atom is -0.355 e. The SMILES string of the molecule is CN=C(NCc1ccc(S(C)(=O)=O)c(C)c1)NCC(C(C)C)N1CCCC1.I. The first kappa shape index (κ1) is 25.2. The van der Waals surface area contributed by atoms with E-state index in [1.165, 1.54) is 32.2 Å². The topological polar surface area (TPSA) is 73.8 Å². The quantitative estimate of drug-likeness (QED) is 0.328. The van der Waals surface area contributed by atoms with Crippen LogP contribution in [0.5, 0.6) is 0 Å². The summed E-state index contributed by atoms with van der Waals surface area (Å²) in [6.07, 6.45) is 3.82. The fourth-order valence-corrected chi connectivity index (χ4v) is 4.66. The van der Waals surface area contributed by atoms with Crippen LogP contribution < -0.4 is 10.6 Å². The van der Waals surface area contributed by atoms with E-state index in [1.54, 1.807) is 13.1 Å². The second-order valence-corrected chi connectivity index (χ2v) is 9.72. The van der Waals surface area contributed by atoms with Gasteiger partial charge in [0.1, 0.15) is 0 Å². The maximum absolute atomic E-state index is 11.7. The normalized spacial score (nSPS) is 16.7. The largest absolute Gasteiger partial charge is 0.355 e. The molecule has 1 aromatic carbocycles. The maximum atomic E-state index is 11.7. The van der Waals surface area contributed by atoms with Crippen LogP contribution in [0.15, 0.2) is 28.1 Å². The van der Waals surface area contributed by atoms with E-state index in [-0.39, 0.29) is 24.0 Å². The van der Waals surface area contributed by atoms with Crippen molar-refractivity contribution >= 4 is 39.8 Å². The molecule has 1 aromatic rings. The minimum atomic E-state index is -3.18. The monoisotopic (exact) mass is 522 g/mol. The fraction of sp³-hybridized carbons (Fsp3) is 0.650. The van der Waals surface area contributed by atoms with Crippen LogP contribution in [0.4, 0.5) is 0 Å². The van der Waals surface area contributed by atoms with E-state index >= 15 is 0 Å². The Hall–Kier alpha value is -0.870. The molecule has 6 nitrogen and oxygen atoms in total. The van der Waals surface area contributed by atoms with Gasteiger partial charge >= 0.3 is 0 Å². The molecule has 0 amide bonds. The van der Waals surface area contributed by atoms with Gasteiger partial charge in [0.05, 0.1) is 4.90 Å². The summed E-state index contributed by atoms with van der Waals surface area (Å²) in [5.41, 5.74) is 1.80. The van der Waals surface area contributed by atoms with Gasteiger partial charge in [-0.05, 0) is 56.0 Å². The molecule has 2 N–H and O–H groups in total. The Bertz CT molecular complexity index is 759. The van der Waals surface area contributed by atoms with Crippen molar-refractivity contribution in [1.29, 1.82) is 0 Å². The molecule has 0 aliphatic carbocycles. The number of sulfone groups is 1. The molecule has 0 radical (unpaired) electrons. The number of benzene rings is 1. The van der Waals surface area contributed by atoms with Gasteiger partial charge in [-0.2, -0.15) is 0 Å². The molecule has 0 bridgehead atoms. The molecule has 1 atom stereocenters. The lowest BCUT2D eigenvalue weighted by atomic mass is 10.0. The smallest absolute Gasteiger partial charge is 0.191 e. The number of aryl methyl sites for hydroxylation is 1. The van der Waals surface area contributed by atoms with Crippen LogP contribution in [-0.4, -0.2) is 58.3 Å². The molecule has 0 aromatic heterocycles.